The smallest absolute Gasteiger partial charge is 0.201 e. The van der Waals surface area contributed by atoms with Gasteiger partial charge in [0.2, 0.25) is 5.82 Å². The molecule has 0 fully saturated rings. The van der Waals surface area contributed by atoms with Gasteiger partial charge in [-0.1, -0.05) is 48.5 Å². The lowest BCUT2D eigenvalue weighted by atomic mass is 9.95. The minimum absolute atomic E-state index is 0.0413. The molecule has 1 atom stereocenters. The van der Waals surface area contributed by atoms with E-state index in [2.05, 4.69) is 0 Å². The van der Waals surface area contributed by atoms with E-state index in [1.54, 1.807) is 30.3 Å². The third-order valence-corrected chi connectivity index (χ3v) is 5.02. The highest BCUT2D eigenvalue weighted by molar-refractivity contribution is 5.72. The highest BCUT2D eigenvalue weighted by Gasteiger charge is 2.25. The lowest BCUT2D eigenvalue weighted by Crippen LogP contribution is -2.20. The minimum atomic E-state index is -0.917. The Bertz CT molecular complexity index is 962. The van der Waals surface area contributed by atoms with E-state index in [1.165, 1.54) is 0 Å². The molecular formula is C23H19F3O. The molecule has 0 amide bonds. The topological polar surface area (TPSA) is 9.23 Å². The van der Waals surface area contributed by atoms with Crippen LogP contribution < -0.4 is 4.74 Å². The van der Waals surface area contributed by atoms with Gasteiger partial charge in [0.25, 0.3) is 0 Å². The Hall–Kier alpha value is -2.75. The Morgan fingerprint density at radius 3 is 2.11 bits per heavy atom. The Morgan fingerprint density at radius 2 is 1.48 bits per heavy atom. The summed E-state index contributed by atoms with van der Waals surface area (Å²) in [5.41, 5.74) is 4.05. The molecule has 0 aliphatic carbocycles. The maximum atomic E-state index is 14.6. The van der Waals surface area contributed by atoms with E-state index in [1.807, 2.05) is 31.2 Å². The van der Waals surface area contributed by atoms with Gasteiger partial charge < -0.3 is 4.74 Å². The molecule has 4 rings (SSSR count). The van der Waals surface area contributed by atoms with E-state index in [0.29, 0.717) is 23.1 Å². The van der Waals surface area contributed by atoms with Crippen LogP contribution in [-0.4, -0.2) is 6.10 Å². The Balaban J connectivity index is 1.69. The molecule has 0 radical (unpaired) electrons. The van der Waals surface area contributed by atoms with Crippen LogP contribution in [0.3, 0.4) is 0 Å². The van der Waals surface area contributed by atoms with Gasteiger partial charge in [0.1, 0.15) is 6.67 Å². The second-order valence-electron chi connectivity index (χ2n) is 6.92. The van der Waals surface area contributed by atoms with Gasteiger partial charge in [-0.3, -0.25) is 0 Å². The normalized spacial score (nSPS) is 15.9. The monoisotopic (exact) mass is 368 g/mol. The van der Waals surface area contributed by atoms with Crippen LogP contribution in [0.15, 0.2) is 54.6 Å². The largest absolute Gasteiger partial charge is 0.487 e. The fourth-order valence-corrected chi connectivity index (χ4v) is 3.43. The molecule has 27 heavy (non-hydrogen) atoms. The van der Waals surface area contributed by atoms with E-state index in [0.717, 1.165) is 17.5 Å². The highest BCUT2D eigenvalue weighted by atomic mass is 19.2. The lowest BCUT2D eigenvalue weighted by Gasteiger charge is -2.24. The molecule has 0 aromatic heterocycles. The number of rotatable bonds is 3. The molecule has 0 spiro atoms. The maximum Gasteiger partial charge on any atom is 0.201 e. The van der Waals surface area contributed by atoms with E-state index in [-0.39, 0.29) is 17.4 Å². The average Bonchev–Trinajstić information content (AvgIpc) is 2.71. The van der Waals surface area contributed by atoms with Crippen molar-refractivity contribution in [1.29, 1.82) is 0 Å². The number of ether oxygens (including phenoxy) is 1. The van der Waals surface area contributed by atoms with Gasteiger partial charge in [-0.15, -0.1) is 0 Å². The number of hydrogen-bond donors (Lipinski definition) is 0. The summed E-state index contributed by atoms with van der Waals surface area (Å²) in [6.07, 6.45) is 1.34. The van der Waals surface area contributed by atoms with Crippen LogP contribution in [-0.2, 0) is 13.1 Å². The first-order valence-electron chi connectivity index (χ1n) is 9.00. The number of halogens is 3. The summed E-state index contributed by atoms with van der Waals surface area (Å²) in [5, 5.41) is 0. The fraction of sp³-hybridized carbons (Fsp3) is 0.217. The number of fused-ring (bicyclic) bond motifs is 1. The van der Waals surface area contributed by atoms with Gasteiger partial charge in [-0.25, -0.2) is 8.78 Å². The van der Waals surface area contributed by atoms with Crippen LogP contribution in [0, 0.1) is 11.6 Å². The summed E-state index contributed by atoms with van der Waals surface area (Å²) in [4.78, 5) is 0. The van der Waals surface area contributed by atoms with E-state index in [9.17, 15) is 13.2 Å². The minimum Gasteiger partial charge on any atom is -0.487 e. The Labute approximate surface area is 156 Å². The van der Waals surface area contributed by atoms with E-state index < -0.39 is 18.3 Å². The summed E-state index contributed by atoms with van der Waals surface area (Å²) >= 11 is 0. The predicted molar refractivity (Wildman–Crippen MR) is 100 cm³/mol. The van der Waals surface area contributed by atoms with Crippen LogP contribution in [0.5, 0.6) is 5.75 Å². The van der Waals surface area contributed by atoms with Gasteiger partial charge in [0, 0.05) is 5.56 Å². The number of benzene rings is 3. The van der Waals surface area contributed by atoms with Crippen molar-refractivity contribution in [3.63, 3.8) is 0 Å². The first kappa shape index (κ1) is 17.7. The molecule has 0 saturated heterocycles. The predicted octanol–water partition coefficient (Wildman–Crippen LogP) is 6.48. The summed E-state index contributed by atoms with van der Waals surface area (Å²) < 4.78 is 47.2. The SMILES string of the molecule is CC1CCc2cc(-c3ccc(-c4ccc(CF)cc4)cc3)c(F)c(F)c2O1. The van der Waals surface area contributed by atoms with Crippen molar-refractivity contribution in [2.75, 3.05) is 0 Å². The molecule has 1 unspecified atom stereocenters. The molecule has 3 aromatic carbocycles. The van der Waals surface area contributed by atoms with Crippen molar-refractivity contribution in [2.45, 2.75) is 32.5 Å². The molecule has 138 valence electrons. The zero-order chi connectivity index (χ0) is 19.0. The molecule has 0 N–H and O–H groups in total. The summed E-state index contributed by atoms with van der Waals surface area (Å²) in [7, 11) is 0. The summed E-state index contributed by atoms with van der Waals surface area (Å²) in [5.74, 6) is -1.76. The highest BCUT2D eigenvalue weighted by Crippen LogP contribution is 2.37. The third kappa shape index (κ3) is 3.32. The lowest BCUT2D eigenvalue weighted by molar-refractivity contribution is 0.180. The van der Waals surface area contributed by atoms with Gasteiger partial charge in [0.15, 0.2) is 11.6 Å². The standard InChI is InChI=1S/C23H19F3O/c1-14-2-5-19-12-20(21(25)22(26)23(19)27-14)18-10-8-17(9-11-18)16-6-3-15(13-24)4-7-16/h3-4,6-12,14H,2,5,13H2,1H3. The molecule has 1 heterocycles. The Morgan fingerprint density at radius 1 is 0.889 bits per heavy atom. The molecule has 1 aliphatic heterocycles. The number of aryl methyl sites for hydroxylation is 1. The van der Waals surface area contributed by atoms with E-state index in [4.69, 9.17) is 4.74 Å². The van der Waals surface area contributed by atoms with Gasteiger partial charge in [-0.2, -0.15) is 4.39 Å². The maximum absolute atomic E-state index is 14.6. The third-order valence-electron chi connectivity index (χ3n) is 5.02. The van der Waals surface area contributed by atoms with Crippen molar-refractivity contribution < 1.29 is 17.9 Å². The summed E-state index contributed by atoms with van der Waals surface area (Å²) in [6.45, 7) is 1.36. The van der Waals surface area contributed by atoms with Gasteiger partial charge in [-0.05, 0) is 53.6 Å². The second-order valence-corrected chi connectivity index (χ2v) is 6.92. The van der Waals surface area contributed by atoms with Crippen molar-refractivity contribution in [2.24, 2.45) is 0 Å². The van der Waals surface area contributed by atoms with Crippen LogP contribution in [0.2, 0.25) is 0 Å². The van der Waals surface area contributed by atoms with Gasteiger partial charge >= 0.3 is 0 Å². The van der Waals surface area contributed by atoms with Crippen molar-refractivity contribution in [1.82, 2.24) is 0 Å². The van der Waals surface area contributed by atoms with Crippen LogP contribution >= 0.6 is 0 Å². The van der Waals surface area contributed by atoms with Crippen molar-refractivity contribution >= 4 is 0 Å². The summed E-state index contributed by atoms with van der Waals surface area (Å²) in [6, 6.07) is 16.1. The van der Waals surface area contributed by atoms with E-state index >= 15 is 0 Å². The van der Waals surface area contributed by atoms with Crippen LogP contribution in [0.4, 0.5) is 13.2 Å². The number of alkyl halides is 1. The molecule has 1 nitrogen and oxygen atoms in total. The van der Waals surface area contributed by atoms with Crippen molar-refractivity contribution in [3.05, 3.63) is 77.4 Å². The first-order chi connectivity index (χ1) is 13.1. The molecule has 1 aliphatic rings. The van der Waals surface area contributed by atoms with Gasteiger partial charge in [0.05, 0.1) is 6.10 Å². The first-order valence-corrected chi connectivity index (χ1v) is 9.00. The van der Waals surface area contributed by atoms with Crippen LogP contribution in [0.1, 0.15) is 24.5 Å². The average molecular weight is 368 g/mol. The zero-order valence-corrected chi connectivity index (χ0v) is 14.9. The molecular weight excluding hydrogens is 349 g/mol. The molecule has 0 saturated carbocycles. The molecule has 4 heteroatoms. The number of hydrogen-bond acceptors (Lipinski definition) is 1. The molecule has 3 aromatic rings. The second kappa shape index (κ2) is 7.10. The van der Waals surface area contributed by atoms with Crippen molar-refractivity contribution in [3.8, 4) is 28.0 Å². The quantitative estimate of drug-likeness (QED) is 0.514. The Kier molecular flexibility index (Phi) is 4.65. The fourth-order valence-electron chi connectivity index (χ4n) is 3.43. The zero-order valence-electron chi connectivity index (χ0n) is 14.9. The van der Waals surface area contributed by atoms with Crippen LogP contribution in [0.25, 0.3) is 22.3 Å². The molecule has 0 bridgehead atoms.